The van der Waals surface area contributed by atoms with Crippen molar-refractivity contribution in [2.75, 3.05) is 11.9 Å². The number of carbonyl (C=O) groups excluding carboxylic acids is 1. The highest BCUT2D eigenvalue weighted by Gasteiger charge is 2.24. The summed E-state index contributed by atoms with van der Waals surface area (Å²) in [6.07, 6.45) is 0. The highest BCUT2D eigenvalue weighted by Crippen LogP contribution is 2.26. The van der Waals surface area contributed by atoms with Crippen LogP contribution >= 0.6 is 0 Å². The van der Waals surface area contributed by atoms with Gasteiger partial charge < -0.3 is 5.32 Å². The van der Waals surface area contributed by atoms with E-state index in [9.17, 15) is 4.79 Å². The van der Waals surface area contributed by atoms with Crippen LogP contribution in [0.25, 0.3) is 0 Å². The zero-order valence-corrected chi connectivity index (χ0v) is 11.6. The fourth-order valence-electron chi connectivity index (χ4n) is 2.43. The number of aromatic nitrogens is 2. The van der Waals surface area contributed by atoms with Crippen molar-refractivity contribution in [2.24, 2.45) is 4.99 Å². The fourth-order valence-corrected chi connectivity index (χ4v) is 2.43. The third kappa shape index (κ3) is 2.01. The van der Waals surface area contributed by atoms with Crippen molar-refractivity contribution < 1.29 is 4.79 Å². The molecule has 0 saturated carbocycles. The van der Waals surface area contributed by atoms with Crippen LogP contribution in [-0.4, -0.2) is 27.9 Å². The van der Waals surface area contributed by atoms with Gasteiger partial charge in [0.05, 0.1) is 17.1 Å². The maximum Gasteiger partial charge on any atom is 0.246 e. The number of anilines is 1. The van der Waals surface area contributed by atoms with Gasteiger partial charge >= 0.3 is 0 Å². The summed E-state index contributed by atoms with van der Waals surface area (Å²) in [6.45, 7) is 4.81. The maximum atomic E-state index is 11.8. The SMILES string of the molecule is CCn1nc(C)c2c1C(c1ccccc1)=NCC(=O)N2. The van der Waals surface area contributed by atoms with Gasteiger partial charge in [-0.25, -0.2) is 0 Å². The number of hydrogen-bond acceptors (Lipinski definition) is 3. The Kier molecular flexibility index (Phi) is 3.10. The number of nitrogens with zero attached hydrogens (tertiary/aromatic N) is 3. The first-order valence-corrected chi connectivity index (χ1v) is 6.68. The lowest BCUT2D eigenvalue weighted by molar-refractivity contribution is -0.114. The Hall–Kier alpha value is -2.43. The molecule has 0 radical (unpaired) electrons. The molecule has 2 aromatic rings. The molecule has 0 bridgehead atoms. The molecule has 0 spiro atoms. The number of benzene rings is 1. The molecule has 5 heteroatoms. The lowest BCUT2D eigenvalue weighted by Gasteiger charge is -2.09. The van der Waals surface area contributed by atoms with E-state index in [1.165, 1.54) is 0 Å². The normalized spacial score (nSPS) is 14.3. The summed E-state index contributed by atoms with van der Waals surface area (Å²) in [6, 6.07) is 9.91. The Morgan fingerprint density at radius 2 is 2.05 bits per heavy atom. The topological polar surface area (TPSA) is 59.3 Å². The Balaban J connectivity index is 2.24. The van der Waals surface area contributed by atoms with Crippen LogP contribution in [0, 0.1) is 6.92 Å². The number of nitrogens with one attached hydrogen (secondary N) is 1. The first kappa shape index (κ1) is 12.6. The summed E-state index contributed by atoms with van der Waals surface area (Å²) >= 11 is 0. The monoisotopic (exact) mass is 268 g/mol. The van der Waals surface area contributed by atoms with Gasteiger partial charge in [0, 0.05) is 12.1 Å². The predicted octanol–water partition coefficient (Wildman–Crippen LogP) is 2.00. The average Bonchev–Trinajstić information content (AvgIpc) is 2.67. The van der Waals surface area contributed by atoms with Crippen LogP contribution in [0.1, 0.15) is 23.9 Å². The summed E-state index contributed by atoms with van der Waals surface area (Å²) in [5.41, 5.74) is 4.31. The van der Waals surface area contributed by atoms with Crippen molar-refractivity contribution in [1.82, 2.24) is 9.78 Å². The number of hydrogen-bond donors (Lipinski definition) is 1. The van der Waals surface area contributed by atoms with Crippen molar-refractivity contribution in [1.29, 1.82) is 0 Å². The minimum atomic E-state index is -0.101. The van der Waals surface area contributed by atoms with Crippen LogP contribution in [0.5, 0.6) is 0 Å². The van der Waals surface area contributed by atoms with Gasteiger partial charge in [-0.05, 0) is 13.8 Å². The van der Waals surface area contributed by atoms with Crippen molar-refractivity contribution in [3.05, 3.63) is 47.3 Å². The lowest BCUT2D eigenvalue weighted by atomic mass is 10.1. The standard InChI is InChI=1S/C15H16N4O/c1-3-19-15-13(10(2)18-19)17-12(20)9-16-14(15)11-7-5-4-6-8-11/h4-8H,3,9H2,1-2H3,(H,17,20). The molecular weight excluding hydrogens is 252 g/mol. The van der Waals surface area contributed by atoms with Crippen LogP contribution in [0.15, 0.2) is 35.3 Å². The second kappa shape index (κ2) is 4.92. The Labute approximate surface area is 117 Å². The zero-order valence-electron chi connectivity index (χ0n) is 11.6. The molecule has 1 amide bonds. The van der Waals surface area contributed by atoms with E-state index < -0.39 is 0 Å². The molecule has 0 fully saturated rings. The molecule has 1 N–H and O–H groups in total. The number of fused-ring (bicyclic) bond motifs is 1. The Morgan fingerprint density at radius 3 is 2.75 bits per heavy atom. The van der Waals surface area contributed by atoms with Gasteiger partial charge in [0.1, 0.15) is 12.2 Å². The second-order valence-electron chi connectivity index (χ2n) is 4.70. The van der Waals surface area contributed by atoms with Crippen molar-refractivity contribution in [3.63, 3.8) is 0 Å². The summed E-state index contributed by atoms with van der Waals surface area (Å²) in [5, 5.41) is 7.39. The largest absolute Gasteiger partial charge is 0.321 e. The van der Waals surface area contributed by atoms with E-state index in [4.69, 9.17) is 0 Å². The Bertz CT molecular complexity index is 685. The van der Waals surface area contributed by atoms with E-state index in [0.717, 1.165) is 34.9 Å². The quantitative estimate of drug-likeness (QED) is 0.905. The highest BCUT2D eigenvalue weighted by molar-refractivity contribution is 6.18. The van der Waals surface area contributed by atoms with Crippen LogP contribution in [0.3, 0.4) is 0 Å². The number of amides is 1. The van der Waals surface area contributed by atoms with Crippen LogP contribution < -0.4 is 5.32 Å². The molecule has 1 aromatic heterocycles. The predicted molar refractivity (Wildman–Crippen MR) is 78.2 cm³/mol. The maximum absolute atomic E-state index is 11.8. The smallest absolute Gasteiger partial charge is 0.246 e. The molecule has 0 unspecified atom stereocenters. The van der Waals surface area contributed by atoms with Gasteiger partial charge in [-0.2, -0.15) is 5.10 Å². The lowest BCUT2D eigenvalue weighted by Crippen LogP contribution is -2.13. The molecule has 3 rings (SSSR count). The van der Waals surface area contributed by atoms with Crippen LogP contribution in [0.4, 0.5) is 5.69 Å². The molecule has 5 nitrogen and oxygen atoms in total. The summed E-state index contributed by atoms with van der Waals surface area (Å²) in [5.74, 6) is -0.101. The molecule has 1 aliphatic rings. The van der Waals surface area contributed by atoms with Gasteiger partial charge in [0.25, 0.3) is 0 Å². The minimum absolute atomic E-state index is 0.101. The molecule has 1 aliphatic heterocycles. The molecule has 102 valence electrons. The fraction of sp³-hybridized carbons (Fsp3) is 0.267. The van der Waals surface area contributed by atoms with Crippen molar-refractivity contribution in [2.45, 2.75) is 20.4 Å². The summed E-state index contributed by atoms with van der Waals surface area (Å²) in [7, 11) is 0. The van der Waals surface area contributed by atoms with Crippen LogP contribution in [-0.2, 0) is 11.3 Å². The first-order valence-electron chi connectivity index (χ1n) is 6.68. The third-order valence-corrected chi connectivity index (χ3v) is 3.34. The second-order valence-corrected chi connectivity index (χ2v) is 4.70. The van der Waals surface area contributed by atoms with E-state index in [0.29, 0.717) is 0 Å². The molecule has 0 saturated heterocycles. The number of aryl methyl sites for hydroxylation is 2. The Morgan fingerprint density at radius 1 is 1.30 bits per heavy atom. The minimum Gasteiger partial charge on any atom is -0.321 e. The number of rotatable bonds is 2. The van der Waals surface area contributed by atoms with E-state index >= 15 is 0 Å². The molecule has 2 heterocycles. The van der Waals surface area contributed by atoms with E-state index in [1.54, 1.807) is 0 Å². The third-order valence-electron chi connectivity index (χ3n) is 3.34. The van der Waals surface area contributed by atoms with E-state index in [2.05, 4.69) is 15.4 Å². The van der Waals surface area contributed by atoms with Gasteiger partial charge in [-0.15, -0.1) is 0 Å². The van der Waals surface area contributed by atoms with Crippen molar-refractivity contribution in [3.8, 4) is 0 Å². The number of carbonyl (C=O) groups is 1. The average molecular weight is 268 g/mol. The van der Waals surface area contributed by atoms with Gasteiger partial charge in [0.2, 0.25) is 5.91 Å². The van der Waals surface area contributed by atoms with Gasteiger partial charge in [0.15, 0.2) is 0 Å². The summed E-state index contributed by atoms with van der Waals surface area (Å²) in [4.78, 5) is 16.3. The first-order chi connectivity index (χ1) is 9.70. The molecule has 1 aromatic carbocycles. The number of aliphatic imine (C=N–C) groups is 1. The zero-order chi connectivity index (χ0) is 14.1. The van der Waals surface area contributed by atoms with E-state index in [-0.39, 0.29) is 12.5 Å². The molecule has 0 aliphatic carbocycles. The van der Waals surface area contributed by atoms with Crippen LogP contribution in [0.2, 0.25) is 0 Å². The van der Waals surface area contributed by atoms with E-state index in [1.807, 2.05) is 48.9 Å². The molecular formula is C15H16N4O. The van der Waals surface area contributed by atoms with Gasteiger partial charge in [-0.3, -0.25) is 14.5 Å². The molecule has 0 atom stereocenters. The molecule has 20 heavy (non-hydrogen) atoms. The summed E-state index contributed by atoms with van der Waals surface area (Å²) < 4.78 is 1.89. The van der Waals surface area contributed by atoms with Gasteiger partial charge in [-0.1, -0.05) is 30.3 Å². The highest BCUT2D eigenvalue weighted by atomic mass is 16.1. The van der Waals surface area contributed by atoms with Crippen molar-refractivity contribution >= 4 is 17.3 Å².